The normalized spacial score (nSPS) is 21.6. The number of nitrogens with zero attached hydrogens (tertiary/aromatic N) is 1. The van der Waals surface area contributed by atoms with E-state index in [1.165, 1.54) is 0 Å². The predicted octanol–water partition coefficient (Wildman–Crippen LogP) is 3.37. The Bertz CT molecular complexity index is 540. The lowest BCUT2D eigenvalue weighted by Gasteiger charge is -2.31. The zero-order valence-electron chi connectivity index (χ0n) is 14.6. The summed E-state index contributed by atoms with van der Waals surface area (Å²) < 4.78 is 0. The first-order valence-corrected chi connectivity index (χ1v) is 8.42. The molecule has 2 amide bonds. The third-order valence-corrected chi connectivity index (χ3v) is 4.42. The lowest BCUT2D eigenvalue weighted by molar-refractivity contribution is -0.130. The van der Waals surface area contributed by atoms with Crippen molar-refractivity contribution in [3.05, 3.63) is 30.3 Å². The first-order valence-electron chi connectivity index (χ1n) is 8.42. The molecule has 1 fully saturated rings. The maximum atomic E-state index is 12.6. The number of carbonyl (C=O) groups excluding carboxylic acids is 2. The summed E-state index contributed by atoms with van der Waals surface area (Å²) in [5.74, 6) is 0.352. The standard InChI is InChI=1S/C19H28N2O2/c1-19(2,3)20-17(22)14-10-12-15(13-11-14)18(23)21(4)16-8-6-5-7-9-16/h5-9,14-15H,10-13H2,1-4H3,(H,20,22). The summed E-state index contributed by atoms with van der Waals surface area (Å²) >= 11 is 0. The van der Waals surface area contributed by atoms with E-state index in [9.17, 15) is 9.59 Å². The van der Waals surface area contributed by atoms with E-state index in [2.05, 4.69) is 5.32 Å². The van der Waals surface area contributed by atoms with Crippen LogP contribution < -0.4 is 10.2 Å². The van der Waals surface area contributed by atoms with Gasteiger partial charge in [-0.1, -0.05) is 18.2 Å². The molecule has 0 atom stereocenters. The Labute approximate surface area is 139 Å². The van der Waals surface area contributed by atoms with E-state index in [1.54, 1.807) is 4.90 Å². The van der Waals surface area contributed by atoms with Gasteiger partial charge in [-0.3, -0.25) is 9.59 Å². The molecule has 0 heterocycles. The number of para-hydroxylation sites is 1. The van der Waals surface area contributed by atoms with Gasteiger partial charge in [-0.05, 0) is 58.6 Å². The molecule has 0 saturated heterocycles. The van der Waals surface area contributed by atoms with Crippen LogP contribution in [0.1, 0.15) is 46.5 Å². The molecule has 4 heteroatoms. The molecule has 23 heavy (non-hydrogen) atoms. The van der Waals surface area contributed by atoms with Crippen molar-refractivity contribution in [2.24, 2.45) is 11.8 Å². The van der Waals surface area contributed by atoms with E-state index >= 15 is 0 Å². The molecule has 1 saturated carbocycles. The molecular weight excluding hydrogens is 288 g/mol. The molecule has 0 aromatic heterocycles. The average molecular weight is 316 g/mol. The number of hydrogen-bond donors (Lipinski definition) is 1. The van der Waals surface area contributed by atoms with Crippen molar-refractivity contribution in [3.8, 4) is 0 Å². The van der Waals surface area contributed by atoms with Gasteiger partial charge in [0.25, 0.3) is 0 Å². The van der Waals surface area contributed by atoms with Crippen LogP contribution in [0.5, 0.6) is 0 Å². The second-order valence-corrected chi connectivity index (χ2v) is 7.52. The van der Waals surface area contributed by atoms with Crippen LogP contribution >= 0.6 is 0 Å². The van der Waals surface area contributed by atoms with Gasteiger partial charge >= 0.3 is 0 Å². The van der Waals surface area contributed by atoms with Gasteiger partial charge in [0.05, 0.1) is 0 Å². The molecule has 2 rings (SSSR count). The molecule has 126 valence electrons. The zero-order chi connectivity index (χ0) is 17.0. The topological polar surface area (TPSA) is 49.4 Å². The predicted molar refractivity (Wildman–Crippen MR) is 93.2 cm³/mol. The molecule has 0 aliphatic heterocycles. The molecule has 4 nitrogen and oxygen atoms in total. The number of rotatable bonds is 3. The molecule has 1 N–H and O–H groups in total. The number of benzene rings is 1. The van der Waals surface area contributed by atoms with Gasteiger partial charge < -0.3 is 10.2 Å². The lowest BCUT2D eigenvalue weighted by atomic mass is 9.80. The second-order valence-electron chi connectivity index (χ2n) is 7.52. The largest absolute Gasteiger partial charge is 0.351 e. The monoisotopic (exact) mass is 316 g/mol. The molecule has 1 aromatic carbocycles. The summed E-state index contributed by atoms with van der Waals surface area (Å²) in [6.07, 6.45) is 3.17. The second kappa shape index (κ2) is 7.16. The molecule has 1 aliphatic carbocycles. The summed E-state index contributed by atoms with van der Waals surface area (Å²) in [4.78, 5) is 26.6. The third-order valence-electron chi connectivity index (χ3n) is 4.42. The minimum Gasteiger partial charge on any atom is -0.351 e. The summed E-state index contributed by atoms with van der Waals surface area (Å²) in [5.41, 5.74) is 0.724. The van der Waals surface area contributed by atoms with Gasteiger partial charge in [-0.25, -0.2) is 0 Å². The Morgan fingerprint density at radius 2 is 1.52 bits per heavy atom. The summed E-state index contributed by atoms with van der Waals surface area (Å²) in [7, 11) is 1.83. The summed E-state index contributed by atoms with van der Waals surface area (Å²) in [5, 5.41) is 3.05. The minimum atomic E-state index is -0.197. The zero-order valence-corrected chi connectivity index (χ0v) is 14.6. The van der Waals surface area contributed by atoms with Crippen LogP contribution in [0.4, 0.5) is 5.69 Å². The number of nitrogens with one attached hydrogen (secondary N) is 1. The van der Waals surface area contributed by atoms with Gasteiger partial charge in [0.1, 0.15) is 0 Å². The van der Waals surface area contributed by atoms with Gasteiger partial charge in [0.2, 0.25) is 11.8 Å². The number of carbonyl (C=O) groups is 2. The number of anilines is 1. The number of amides is 2. The van der Waals surface area contributed by atoms with Crippen LogP contribution in [0.2, 0.25) is 0 Å². The molecule has 1 aliphatic rings. The fraction of sp³-hybridized carbons (Fsp3) is 0.579. The Kier molecular flexibility index (Phi) is 5.45. The molecule has 1 aromatic rings. The quantitative estimate of drug-likeness (QED) is 0.929. The molecule has 0 bridgehead atoms. The third kappa shape index (κ3) is 4.81. The van der Waals surface area contributed by atoms with Crippen LogP contribution in [0.25, 0.3) is 0 Å². The van der Waals surface area contributed by atoms with Crippen LogP contribution in [0, 0.1) is 11.8 Å². The van der Waals surface area contributed by atoms with E-state index < -0.39 is 0 Å². The van der Waals surface area contributed by atoms with E-state index in [0.717, 1.165) is 31.4 Å². The molecule has 0 spiro atoms. The van der Waals surface area contributed by atoms with Crippen molar-refractivity contribution in [3.63, 3.8) is 0 Å². The maximum Gasteiger partial charge on any atom is 0.229 e. The van der Waals surface area contributed by atoms with Gasteiger partial charge in [-0.15, -0.1) is 0 Å². The van der Waals surface area contributed by atoms with Gasteiger partial charge in [-0.2, -0.15) is 0 Å². The summed E-state index contributed by atoms with van der Waals surface area (Å²) in [6.45, 7) is 5.98. The minimum absolute atomic E-state index is 0.0268. The first-order chi connectivity index (χ1) is 10.8. The van der Waals surface area contributed by atoms with Crippen LogP contribution in [0.3, 0.4) is 0 Å². The van der Waals surface area contributed by atoms with Crippen molar-refractivity contribution in [2.75, 3.05) is 11.9 Å². The first kappa shape index (κ1) is 17.5. The Balaban J connectivity index is 1.89. The average Bonchev–Trinajstić information content (AvgIpc) is 2.53. The van der Waals surface area contributed by atoms with E-state index in [1.807, 2.05) is 58.2 Å². The Morgan fingerprint density at radius 3 is 2.04 bits per heavy atom. The van der Waals surface area contributed by atoms with Crippen LogP contribution in [-0.4, -0.2) is 24.4 Å². The highest BCUT2D eigenvalue weighted by atomic mass is 16.2. The van der Waals surface area contributed by atoms with Crippen molar-refractivity contribution in [1.29, 1.82) is 0 Å². The van der Waals surface area contributed by atoms with Gasteiger partial charge in [0.15, 0.2) is 0 Å². The maximum absolute atomic E-state index is 12.6. The van der Waals surface area contributed by atoms with Crippen molar-refractivity contribution < 1.29 is 9.59 Å². The number of hydrogen-bond acceptors (Lipinski definition) is 2. The molecule has 0 radical (unpaired) electrons. The highest BCUT2D eigenvalue weighted by molar-refractivity contribution is 5.94. The Hall–Kier alpha value is -1.84. The van der Waals surface area contributed by atoms with E-state index in [4.69, 9.17) is 0 Å². The summed E-state index contributed by atoms with van der Waals surface area (Å²) in [6, 6.07) is 9.71. The molecular formula is C19H28N2O2. The Morgan fingerprint density at radius 1 is 1.00 bits per heavy atom. The molecule has 0 unspecified atom stereocenters. The van der Waals surface area contributed by atoms with E-state index in [0.29, 0.717) is 0 Å². The van der Waals surface area contributed by atoms with Crippen LogP contribution in [-0.2, 0) is 9.59 Å². The highest BCUT2D eigenvalue weighted by Gasteiger charge is 2.32. The SMILES string of the molecule is CN(C(=O)C1CCC(C(=O)NC(C)(C)C)CC1)c1ccccc1. The lowest BCUT2D eigenvalue weighted by Crippen LogP contribution is -2.45. The van der Waals surface area contributed by atoms with Crippen LogP contribution in [0.15, 0.2) is 30.3 Å². The van der Waals surface area contributed by atoms with Gasteiger partial charge in [0, 0.05) is 30.1 Å². The van der Waals surface area contributed by atoms with Crippen molar-refractivity contribution >= 4 is 17.5 Å². The van der Waals surface area contributed by atoms with Crippen molar-refractivity contribution in [2.45, 2.75) is 52.0 Å². The smallest absolute Gasteiger partial charge is 0.229 e. The fourth-order valence-corrected chi connectivity index (χ4v) is 3.13. The van der Waals surface area contributed by atoms with Crippen molar-refractivity contribution in [1.82, 2.24) is 5.32 Å². The van der Waals surface area contributed by atoms with E-state index in [-0.39, 0.29) is 29.2 Å². The fourth-order valence-electron chi connectivity index (χ4n) is 3.13. The highest BCUT2D eigenvalue weighted by Crippen LogP contribution is 2.31.